The zero-order valence-electron chi connectivity index (χ0n) is 16.5. The molecule has 1 aromatic carbocycles. The van der Waals surface area contributed by atoms with Crippen LogP contribution in [0.3, 0.4) is 0 Å². The molecule has 1 aliphatic heterocycles. The van der Waals surface area contributed by atoms with Crippen molar-refractivity contribution in [3.63, 3.8) is 0 Å². The van der Waals surface area contributed by atoms with Crippen LogP contribution in [0.15, 0.2) is 35.7 Å². The van der Waals surface area contributed by atoms with E-state index in [0.717, 1.165) is 41.6 Å². The van der Waals surface area contributed by atoms with Crippen LogP contribution in [0, 0.1) is 6.92 Å². The number of benzene rings is 1. The second kappa shape index (κ2) is 7.72. The molecule has 0 spiro atoms. The molecule has 2 aromatic heterocycles. The molecular weight excluding hydrogens is 382 g/mol. The lowest BCUT2D eigenvalue weighted by molar-refractivity contribution is 0.311. The number of thiazole rings is 1. The van der Waals surface area contributed by atoms with E-state index < -0.39 is 0 Å². The fourth-order valence-corrected chi connectivity index (χ4v) is 4.68. The average Bonchev–Trinajstić information content (AvgIpc) is 3.34. The zero-order chi connectivity index (χ0) is 19.8. The van der Waals surface area contributed by atoms with Crippen molar-refractivity contribution in [3.05, 3.63) is 40.7 Å². The first-order chi connectivity index (χ1) is 14.2. The molecule has 7 heteroatoms. The molecule has 0 amide bonds. The van der Waals surface area contributed by atoms with E-state index in [9.17, 15) is 5.11 Å². The van der Waals surface area contributed by atoms with Crippen molar-refractivity contribution in [3.8, 4) is 28.3 Å². The first-order valence-corrected chi connectivity index (χ1v) is 11.1. The van der Waals surface area contributed by atoms with E-state index in [1.165, 1.54) is 19.3 Å². The van der Waals surface area contributed by atoms with Crippen molar-refractivity contribution in [2.75, 3.05) is 18.0 Å². The number of aromatic hydroxyl groups is 1. The first-order valence-electron chi connectivity index (χ1n) is 10.3. The summed E-state index contributed by atoms with van der Waals surface area (Å²) in [6.07, 6.45) is 5.14. The lowest BCUT2D eigenvalue weighted by Gasteiger charge is -2.29. The molecule has 1 saturated heterocycles. The quantitative estimate of drug-likeness (QED) is 0.666. The third-order valence-corrected chi connectivity index (χ3v) is 6.70. The third kappa shape index (κ3) is 3.84. The highest BCUT2D eigenvalue weighted by atomic mass is 32.1. The van der Waals surface area contributed by atoms with Crippen molar-refractivity contribution in [1.29, 1.82) is 0 Å². The van der Waals surface area contributed by atoms with Gasteiger partial charge in [0, 0.05) is 41.7 Å². The number of rotatable bonds is 5. The van der Waals surface area contributed by atoms with Gasteiger partial charge in [-0.2, -0.15) is 0 Å². The molecule has 1 unspecified atom stereocenters. The Bertz CT molecular complexity index is 999. The molecule has 0 bridgehead atoms. The number of phenolic OH excluding ortho intramolecular Hbond substituents is 1. The van der Waals surface area contributed by atoms with Gasteiger partial charge >= 0.3 is 0 Å². The molecule has 2 fully saturated rings. The van der Waals surface area contributed by atoms with Gasteiger partial charge in [-0.25, -0.2) is 4.98 Å². The van der Waals surface area contributed by atoms with Crippen LogP contribution in [-0.4, -0.2) is 45.5 Å². The maximum absolute atomic E-state index is 10.5. The van der Waals surface area contributed by atoms with Crippen LogP contribution in [0.25, 0.3) is 22.5 Å². The van der Waals surface area contributed by atoms with Gasteiger partial charge in [-0.05, 0) is 50.5 Å². The summed E-state index contributed by atoms with van der Waals surface area (Å²) >= 11 is 1.60. The largest absolute Gasteiger partial charge is 0.507 e. The number of hydrogen-bond acceptors (Lipinski definition) is 7. The summed E-state index contributed by atoms with van der Waals surface area (Å²) in [4.78, 5) is 6.77. The zero-order valence-corrected chi connectivity index (χ0v) is 17.3. The van der Waals surface area contributed by atoms with Crippen molar-refractivity contribution < 1.29 is 5.11 Å². The SMILES string of the molecule is Cc1nc(-c2ccc(-c3ccc(N4CCC(NC5CCC5)C4)nn3)c(O)c2)cs1. The highest BCUT2D eigenvalue weighted by molar-refractivity contribution is 7.09. The molecule has 1 atom stereocenters. The summed E-state index contributed by atoms with van der Waals surface area (Å²) in [5.74, 6) is 1.10. The number of hydrogen-bond donors (Lipinski definition) is 2. The molecule has 6 nitrogen and oxygen atoms in total. The van der Waals surface area contributed by atoms with E-state index in [1.54, 1.807) is 17.4 Å². The van der Waals surface area contributed by atoms with E-state index >= 15 is 0 Å². The Morgan fingerprint density at radius 2 is 1.97 bits per heavy atom. The standard InChI is InChI=1S/C22H25N5OS/c1-14-23-20(13-29-14)15-5-6-18(21(28)11-15)19-7-8-22(26-25-19)27-10-9-17(12-27)24-16-3-2-4-16/h5-8,11,13,16-17,24,28H,2-4,9-10,12H2,1H3. The molecule has 5 rings (SSSR count). The van der Waals surface area contributed by atoms with Gasteiger partial charge in [0.05, 0.1) is 16.4 Å². The van der Waals surface area contributed by atoms with Crippen molar-refractivity contribution in [1.82, 2.24) is 20.5 Å². The molecule has 3 heterocycles. The minimum atomic E-state index is 0.195. The maximum Gasteiger partial charge on any atom is 0.151 e. The lowest BCUT2D eigenvalue weighted by Crippen LogP contribution is -2.43. The van der Waals surface area contributed by atoms with Crippen LogP contribution in [0.5, 0.6) is 5.75 Å². The van der Waals surface area contributed by atoms with E-state index in [4.69, 9.17) is 0 Å². The number of phenols is 1. The minimum Gasteiger partial charge on any atom is -0.507 e. The second-order valence-electron chi connectivity index (χ2n) is 7.99. The smallest absolute Gasteiger partial charge is 0.151 e. The van der Waals surface area contributed by atoms with Gasteiger partial charge in [0.2, 0.25) is 0 Å². The van der Waals surface area contributed by atoms with Crippen molar-refractivity contribution in [2.45, 2.75) is 44.7 Å². The summed E-state index contributed by atoms with van der Waals surface area (Å²) in [5.41, 5.74) is 3.15. The molecule has 2 aliphatic rings. The van der Waals surface area contributed by atoms with Gasteiger partial charge in [-0.15, -0.1) is 21.5 Å². The van der Waals surface area contributed by atoms with Gasteiger partial charge in [-0.3, -0.25) is 0 Å². The Morgan fingerprint density at radius 1 is 1.07 bits per heavy atom. The van der Waals surface area contributed by atoms with E-state index in [0.29, 0.717) is 23.3 Å². The van der Waals surface area contributed by atoms with Gasteiger partial charge < -0.3 is 15.3 Å². The number of aromatic nitrogens is 3. The Hall–Kier alpha value is -2.51. The van der Waals surface area contributed by atoms with Crippen LogP contribution >= 0.6 is 11.3 Å². The van der Waals surface area contributed by atoms with E-state index in [2.05, 4.69) is 25.4 Å². The van der Waals surface area contributed by atoms with Crippen LogP contribution in [0.2, 0.25) is 0 Å². The maximum atomic E-state index is 10.5. The summed E-state index contributed by atoms with van der Waals surface area (Å²) in [6, 6.07) is 10.8. The van der Waals surface area contributed by atoms with Gasteiger partial charge in [0.1, 0.15) is 5.75 Å². The molecule has 1 aliphatic carbocycles. The number of nitrogens with one attached hydrogen (secondary N) is 1. The Kier molecular flexibility index (Phi) is 4.93. The number of anilines is 1. The first kappa shape index (κ1) is 18.5. The van der Waals surface area contributed by atoms with E-state index in [-0.39, 0.29) is 5.75 Å². The normalized spacial score (nSPS) is 19.5. The highest BCUT2D eigenvalue weighted by Crippen LogP contribution is 2.33. The van der Waals surface area contributed by atoms with Crippen LogP contribution < -0.4 is 10.2 Å². The topological polar surface area (TPSA) is 74.2 Å². The van der Waals surface area contributed by atoms with Crippen molar-refractivity contribution in [2.24, 2.45) is 0 Å². The van der Waals surface area contributed by atoms with E-state index in [1.807, 2.05) is 36.6 Å². The second-order valence-corrected chi connectivity index (χ2v) is 9.05. The third-order valence-electron chi connectivity index (χ3n) is 5.93. The fourth-order valence-electron chi connectivity index (χ4n) is 4.05. The van der Waals surface area contributed by atoms with Gasteiger partial charge in [-0.1, -0.05) is 12.5 Å². The molecule has 3 aromatic rings. The fraction of sp³-hybridized carbons (Fsp3) is 0.409. The molecular formula is C22H25N5OS. The molecule has 150 valence electrons. The molecule has 1 saturated carbocycles. The molecule has 29 heavy (non-hydrogen) atoms. The molecule has 2 N–H and O–H groups in total. The Balaban J connectivity index is 1.29. The number of aryl methyl sites for hydroxylation is 1. The Morgan fingerprint density at radius 3 is 2.62 bits per heavy atom. The Labute approximate surface area is 174 Å². The van der Waals surface area contributed by atoms with Crippen LogP contribution in [-0.2, 0) is 0 Å². The summed E-state index contributed by atoms with van der Waals surface area (Å²) in [6.45, 7) is 3.97. The molecule has 0 radical (unpaired) electrons. The monoisotopic (exact) mass is 407 g/mol. The summed E-state index contributed by atoms with van der Waals surface area (Å²) in [5, 5.41) is 26.1. The highest BCUT2D eigenvalue weighted by Gasteiger charge is 2.27. The van der Waals surface area contributed by atoms with Crippen LogP contribution in [0.1, 0.15) is 30.7 Å². The lowest BCUT2D eigenvalue weighted by atomic mass is 9.92. The van der Waals surface area contributed by atoms with Crippen molar-refractivity contribution >= 4 is 17.2 Å². The predicted octanol–water partition coefficient (Wildman–Crippen LogP) is 4.00. The van der Waals surface area contributed by atoms with Gasteiger partial charge in [0.25, 0.3) is 0 Å². The summed E-state index contributed by atoms with van der Waals surface area (Å²) < 4.78 is 0. The average molecular weight is 408 g/mol. The van der Waals surface area contributed by atoms with Crippen LogP contribution in [0.4, 0.5) is 5.82 Å². The number of nitrogens with zero attached hydrogens (tertiary/aromatic N) is 4. The predicted molar refractivity (Wildman–Crippen MR) is 116 cm³/mol. The minimum absolute atomic E-state index is 0.195. The van der Waals surface area contributed by atoms with Gasteiger partial charge in [0.15, 0.2) is 5.82 Å². The summed E-state index contributed by atoms with van der Waals surface area (Å²) in [7, 11) is 0.